The van der Waals surface area contributed by atoms with Crippen molar-refractivity contribution in [3.05, 3.63) is 186 Å². The summed E-state index contributed by atoms with van der Waals surface area (Å²) in [4.78, 5) is 0. The van der Waals surface area contributed by atoms with E-state index in [4.69, 9.17) is 9.15 Å². The van der Waals surface area contributed by atoms with Gasteiger partial charge >= 0.3 is 0 Å². The number of hydrogen-bond donors (Lipinski definition) is 0. The largest absolute Gasteiger partial charge is 0.482 e. The Morgan fingerprint density at radius 3 is 1.71 bits per heavy atom. The van der Waals surface area contributed by atoms with E-state index in [1.165, 1.54) is 21.5 Å². The molecule has 1 aliphatic heterocycles. The number of ether oxygens (including phenoxy) is 1. The van der Waals surface area contributed by atoms with Crippen molar-refractivity contribution >= 4 is 76.7 Å². The zero-order valence-electron chi connectivity index (χ0n) is 31.9. The highest BCUT2D eigenvalue weighted by Crippen LogP contribution is 2.52. The summed E-state index contributed by atoms with van der Waals surface area (Å²) >= 11 is 0. The molecule has 1 unspecified atom stereocenters. The summed E-state index contributed by atoms with van der Waals surface area (Å²) in [6, 6.07) is 57.1. The maximum atomic E-state index is 10.3. The average molecular weight is 757 g/mol. The molecule has 0 saturated carbocycles. The molecule has 276 valence electrons. The van der Waals surface area contributed by atoms with Crippen molar-refractivity contribution in [1.29, 1.82) is 10.5 Å². The summed E-state index contributed by atoms with van der Waals surface area (Å²) in [6.45, 7) is 2.10. The van der Waals surface area contributed by atoms with Crippen LogP contribution in [0.4, 0.5) is 0 Å². The number of nitriles is 2. The number of allylic oxidation sites excluding steroid dienone is 4. The van der Waals surface area contributed by atoms with E-state index in [0.717, 1.165) is 77.8 Å². The molecule has 0 saturated heterocycles. The van der Waals surface area contributed by atoms with Crippen LogP contribution < -0.4 is 4.74 Å². The van der Waals surface area contributed by atoms with E-state index in [1.807, 2.05) is 30.3 Å². The van der Waals surface area contributed by atoms with Crippen molar-refractivity contribution in [3.8, 4) is 29.3 Å². The lowest BCUT2D eigenvalue weighted by Gasteiger charge is -2.31. The molecule has 0 radical (unpaired) electrons. The third kappa shape index (κ3) is 4.72. The molecule has 0 bridgehead atoms. The van der Waals surface area contributed by atoms with Gasteiger partial charge in [0.2, 0.25) is 0 Å². The Kier molecular flexibility index (Phi) is 6.86. The first-order valence-electron chi connectivity index (χ1n) is 19.7. The minimum atomic E-state index is -0.709. The van der Waals surface area contributed by atoms with Gasteiger partial charge < -0.3 is 18.3 Å². The zero-order chi connectivity index (χ0) is 39.4. The SMILES string of the molecule is CC12CC(C(=C(C#N)C#N)c3ccc4c(c3)oc3ccc(-n5c6ccccc6c6ccccc65)cc34)=CC=C1c1cc(-n3c4ccccc4c4ccccc43)ccc1O2. The van der Waals surface area contributed by atoms with Gasteiger partial charge in [-0.1, -0.05) is 91.0 Å². The molecule has 1 aliphatic carbocycles. The van der Waals surface area contributed by atoms with Gasteiger partial charge in [0.1, 0.15) is 40.2 Å². The number of benzene rings is 7. The molecule has 59 heavy (non-hydrogen) atoms. The minimum absolute atomic E-state index is 0.0463. The van der Waals surface area contributed by atoms with E-state index in [2.05, 4.69) is 162 Å². The van der Waals surface area contributed by atoms with Crippen LogP contribution >= 0.6 is 0 Å². The monoisotopic (exact) mass is 756 g/mol. The van der Waals surface area contributed by atoms with Gasteiger partial charge in [-0.05, 0) is 90.9 Å². The Morgan fingerprint density at radius 1 is 0.559 bits per heavy atom. The zero-order valence-corrected chi connectivity index (χ0v) is 31.9. The second-order valence-corrected chi connectivity index (χ2v) is 15.7. The fourth-order valence-corrected chi connectivity index (χ4v) is 9.80. The molecule has 4 heterocycles. The van der Waals surface area contributed by atoms with Crippen LogP contribution in [0.2, 0.25) is 0 Å². The van der Waals surface area contributed by atoms with Gasteiger partial charge in [0, 0.05) is 66.8 Å². The summed E-state index contributed by atoms with van der Waals surface area (Å²) in [5.74, 6) is 0.813. The molecule has 0 amide bonds. The van der Waals surface area contributed by atoms with Crippen LogP contribution in [0.15, 0.2) is 179 Å². The topological polar surface area (TPSA) is 79.8 Å². The average Bonchev–Trinajstić information content (AvgIpc) is 4.00. The first-order valence-corrected chi connectivity index (χ1v) is 19.7. The van der Waals surface area contributed by atoms with Gasteiger partial charge in [-0.25, -0.2) is 0 Å². The molecule has 6 nitrogen and oxygen atoms in total. The van der Waals surface area contributed by atoms with Crippen LogP contribution in [0.25, 0.3) is 88.1 Å². The molecule has 12 rings (SSSR count). The second-order valence-electron chi connectivity index (χ2n) is 15.7. The maximum Gasteiger partial charge on any atom is 0.137 e. The molecule has 7 aromatic carbocycles. The first kappa shape index (κ1) is 33.1. The normalized spacial score (nSPS) is 15.8. The van der Waals surface area contributed by atoms with Crippen molar-refractivity contribution in [2.24, 2.45) is 0 Å². The summed E-state index contributed by atoms with van der Waals surface area (Å²) in [5.41, 5.74) is 11.8. The molecule has 2 aliphatic rings. The summed E-state index contributed by atoms with van der Waals surface area (Å²) in [5, 5.41) is 27.4. The number of furan rings is 1. The number of nitrogens with zero attached hydrogens (tertiary/aromatic N) is 4. The summed E-state index contributed by atoms with van der Waals surface area (Å²) < 4.78 is 17.9. The van der Waals surface area contributed by atoms with Crippen molar-refractivity contribution in [1.82, 2.24) is 9.13 Å². The van der Waals surface area contributed by atoms with E-state index in [0.29, 0.717) is 17.6 Å². The lowest BCUT2D eigenvalue weighted by Crippen LogP contribution is -2.31. The summed E-state index contributed by atoms with van der Waals surface area (Å²) in [7, 11) is 0. The maximum absolute atomic E-state index is 10.3. The molecule has 3 aromatic heterocycles. The van der Waals surface area contributed by atoms with Crippen molar-refractivity contribution in [3.63, 3.8) is 0 Å². The number of hydrogen-bond acceptors (Lipinski definition) is 4. The number of aromatic nitrogens is 2. The standard InChI is InChI=1S/C53H32N4O2/c1-53-29-33(19-23-44(53)43-28-36(21-25-50(43)59-53)57-47-16-8-4-12-39(47)40-13-5-9-17-48(40)57)52(34(30-54)31-55)32-18-22-41-42-27-35(20-24-49(42)58-51(41)26-32)56-45-14-6-2-10-37(45)38-11-3-7-15-46(38)56/h2-28H,29H2,1H3. The van der Waals surface area contributed by atoms with E-state index in [1.54, 1.807) is 0 Å². The Hall–Kier alpha value is -8.06. The van der Waals surface area contributed by atoms with E-state index in [-0.39, 0.29) is 5.57 Å². The molecular formula is C53H32N4O2. The quantitative estimate of drug-likeness (QED) is 0.168. The molecule has 10 aromatic rings. The van der Waals surface area contributed by atoms with Crippen LogP contribution in [0, 0.1) is 22.7 Å². The number of fused-ring (bicyclic) bond motifs is 12. The second kappa shape index (κ2) is 12.2. The van der Waals surface area contributed by atoms with Crippen LogP contribution in [0.5, 0.6) is 5.75 Å². The van der Waals surface area contributed by atoms with Gasteiger partial charge in [-0.15, -0.1) is 0 Å². The predicted octanol–water partition coefficient (Wildman–Crippen LogP) is 13.1. The van der Waals surface area contributed by atoms with Gasteiger partial charge in [0.15, 0.2) is 0 Å². The highest BCUT2D eigenvalue weighted by molar-refractivity contribution is 6.12. The third-order valence-corrected chi connectivity index (χ3v) is 12.4. The molecule has 0 spiro atoms. The van der Waals surface area contributed by atoms with Crippen LogP contribution in [-0.2, 0) is 0 Å². The Bertz CT molecular complexity index is 3540. The highest BCUT2D eigenvalue weighted by atomic mass is 16.5. The lowest BCUT2D eigenvalue weighted by molar-refractivity contribution is 0.168. The first-order chi connectivity index (χ1) is 29.0. The molecular weight excluding hydrogens is 725 g/mol. The number of rotatable bonds is 4. The lowest BCUT2D eigenvalue weighted by atomic mass is 9.78. The predicted molar refractivity (Wildman–Crippen MR) is 237 cm³/mol. The van der Waals surface area contributed by atoms with Crippen molar-refractivity contribution in [2.75, 3.05) is 0 Å². The van der Waals surface area contributed by atoms with Crippen molar-refractivity contribution < 1.29 is 9.15 Å². The smallest absolute Gasteiger partial charge is 0.137 e. The van der Waals surface area contributed by atoms with Gasteiger partial charge in [0.05, 0.1) is 22.1 Å². The molecule has 0 fully saturated rings. The molecule has 6 heteroatoms. The minimum Gasteiger partial charge on any atom is -0.482 e. The third-order valence-electron chi connectivity index (χ3n) is 12.4. The van der Waals surface area contributed by atoms with E-state index >= 15 is 0 Å². The highest BCUT2D eigenvalue weighted by Gasteiger charge is 2.43. The Morgan fingerprint density at radius 2 is 1.12 bits per heavy atom. The fraction of sp³-hybridized carbons (Fsp3) is 0.0566. The fourth-order valence-electron chi connectivity index (χ4n) is 9.80. The van der Waals surface area contributed by atoms with Crippen LogP contribution in [-0.4, -0.2) is 14.7 Å². The molecule has 1 atom stereocenters. The van der Waals surface area contributed by atoms with Crippen LogP contribution in [0.3, 0.4) is 0 Å². The van der Waals surface area contributed by atoms with E-state index in [9.17, 15) is 10.5 Å². The van der Waals surface area contributed by atoms with Gasteiger partial charge in [0.25, 0.3) is 0 Å². The van der Waals surface area contributed by atoms with E-state index < -0.39 is 5.60 Å². The van der Waals surface area contributed by atoms with Crippen molar-refractivity contribution in [2.45, 2.75) is 18.9 Å². The van der Waals surface area contributed by atoms with Gasteiger partial charge in [-0.3, -0.25) is 0 Å². The molecule has 0 N–H and O–H groups in total. The van der Waals surface area contributed by atoms with Gasteiger partial charge in [-0.2, -0.15) is 10.5 Å². The Labute approximate surface area is 338 Å². The summed E-state index contributed by atoms with van der Waals surface area (Å²) in [6.07, 6.45) is 4.62. The number of para-hydroxylation sites is 4. The van der Waals surface area contributed by atoms with Crippen LogP contribution in [0.1, 0.15) is 24.5 Å². The Balaban J connectivity index is 0.950.